The molecule has 1 aromatic carbocycles. The van der Waals surface area contributed by atoms with Crippen molar-refractivity contribution in [3.63, 3.8) is 0 Å². The molecular formula is C12H17ClO2. The molecule has 15 heavy (non-hydrogen) atoms. The summed E-state index contributed by atoms with van der Waals surface area (Å²) in [5.41, 5.74) is -0.355. The van der Waals surface area contributed by atoms with Crippen molar-refractivity contribution in [2.45, 2.75) is 26.4 Å². The molecule has 0 aliphatic heterocycles. The van der Waals surface area contributed by atoms with Crippen molar-refractivity contribution in [2.24, 2.45) is 0 Å². The monoisotopic (exact) mass is 228 g/mol. The summed E-state index contributed by atoms with van der Waals surface area (Å²) in [6.07, 6.45) is 0. The Kier molecular flexibility index (Phi) is 4.28. The van der Waals surface area contributed by atoms with Crippen LogP contribution in [0.15, 0.2) is 24.3 Å². The number of hydrogen-bond donors (Lipinski definition) is 0. The van der Waals surface area contributed by atoms with Crippen LogP contribution in [0.25, 0.3) is 0 Å². The van der Waals surface area contributed by atoms with E-state index in [4.69, 9.17) is 21.1 Å². The first-order valence-electron chi connectivity index (χ1n) is 5.05. The highest BCUT2D eigenvalue weighted by molar-refractivity contribution is 6.18. The van der Waals surface area contributed by atoms with Crippen molar-refractivity contribution in [3.05, 3.63) is 24.3 Å². The Bertz CT molecular complexity index is 310. The lowest BCUT2D eigenvalue weighted by Gasteiger charge is -2.23. The zero-order valence-corrected chi connectivity index (χ0v) is 10.2. The van der Waals surface area contributed by atoms with Crippen LogP contribution in [-0.4, -0.2) is 18.1 Å². The maximum Gasteiger partial charge on any atom is 0.123 e. The highest BCUT2D eigenvalue weighted by Gasteiger charge is 2.18. The Morgan fingerprint density at radius 1 is 1.27 bits per heavy atom. The number of hydrogen-bond acceptors (Lipinski definition) is 2. The van der Waals surface area contributed by atoms with E-state index in [0.29, 0.717) is 12.5 Å². The fourth-order valence-corrected chi connectivity index (χ4v) is 1.20. The van der Waals surface area contributed by atoms with E-state index in [9.17, 15) is 0 Å². The fraction of sp³-hybridized carbons (Fsp3) is 0.500. The Morgan fingerprint density at radius 2 is 1.93 bits per heavy atom. The van der Waals surface area contributed by atoms with Crippen LogP contribution in [0.2, 0.25) is 0 Å². The predicted molar refractivity (Wildman–Crippen MR) is 63.0 cm³/mol. The van der Waals surface area contributed by atoms with Crippen molar-refractivity contribution >= 4 is 11.6 Å². The van der Waals surface area contributed by atoms with E-state index in [1.165, 1.54) is 0 Å². The zero-order chi connectivity index (χ0) is 11.3. The van der Waals surface area contributed by atoms with Crippen LogP contribution in [0.5, 0.6) is 11.5 Å². The van der Waals surface area contributed by atoms with Gasteiger partial charge in [-0.25, -0.2) is 0 Å². The summed E-state index contributed by atoms with van der Waals surface area (Å²) in [7, 11) is 0. The summed E-state index contributed by atoms with van der Waals surface area (Å²) in [5, 5.41) is 0. The predicted octanol–water partition coefficient (Wildman–Crippen LogP) is 3.48. The van der Waals surface area contributed by atoms with Gasteiger partial charge in [-0.05, 0) is 32.9 Å². The van der Waals surface area contributed by atoms with Crippen molar-refractivity contribution in [1.29, 1.82) is 0 Å². The van der Waals surface area contributed by atoms with Gasteiger partial charge in [0.1, 0.15) is 17.1 Å². The maximum absolute atomic E-state index is 5.79. The maximum atomic E-state index is 5.79. The smallest absolute Gasteiger partial charge is 0.123 e. The molecule has 0 aliphatic rings. The largest absolute Gasteiger partial charge is 0.494 e. The van der Waals surface area contributed by atoms with Crippen molar-refractivity contribution < 1.29 is 9.47 Å². The van der Waals surface area contributed by atoms with Crippen molar-refractivity contribution in [1.82, 2.24) is 0 Å². The van der Waals surface area contributed by atoms with Gasteiger partial charge in [-0.2, -0.15) is 0 Å². The molecule has 0 fully saturated rings. The number of alkyl halides is 1. The second-order valence-electron chi connectivity index (χ2n) is 3.90. The van der Waals surface area contributed by atoms with Crippen LogP contribution >= 0.6 is 11.6 Å². The van der Waals surface area contributed by atoms with Gasteiger partial charge < -0.3 is 9.47 Å². The molecule has 1 rings (SSSR count). The van der Waals surface area contributed by atoms with Crippen LogP contribution in [0.1, 0.15) is 20.8 Å². The van der Waals surface area contributed by atoms with Crippen LogP contribution in [0.3, 0.4) is 0 Å². The van der Waals surface area contributed by atoms with Gasteiger partial charge in [0, 0.05) is 6.07 Å². The summed E-state index contributed by atoms with van der Waals surface area (Å²) in [5.74, 6) is 2.05. The minimum atomic E-state index is -0.355. The Labute approximate surface area is 96.2 Å². The third-order valence-corrected chi connectivity index (χ3v) is 2.48. The molecule has 0 spiro atoms. The van der Waals surface area contributed by atoms with Gasteiger partial charge >= 0.3 is 0 Å². The third-order valence-electron chi connectivity index (χ3n) is 1.83. The molecule has 0 aromatic heterocycles. The average Bonchev–Trinajstić information content (AvgIpc) is 2.18. The lowest BCUT2D eigenvalue weighted by Crippen LogP contribution is -2.30. The highest BCUT2D eigenvalue weighted by Crippen LogP contribution is 2.23. The Morgan fingerprint density at radius 3 is 2.53 bits per heavy atom. The molecule has 0 aliphatic carbocycles. The van der Waals surface area contributed by atoms with E-state index in [-0.39, 0.29) is 5.60 Å². The summed E-state index contributed by atoms with van der Waals surface area (Å²) >= 11 is 5.79. The molecule has 84 valence electrons. The number of ether oxygens (including phenoxy) is 2. The third kappa shape index (κ3) is 4.00. The average molecular weight is 229 g/mol. The molecule has 0 saturated carbocycles. The van der Waals surface area contributed by atoms with Gasteiger partial charge in [0.15, 0.2) is 0 Å². The second kappa shape index (κ2) is 5.26. The summed E-state index contributed by atoms with van der Waals surface area (Å²) in [4.78, 5) is 0. The van der Waals surface area contributed by atoms with Gasteiger partial charge in [-0.15, -0.1) is 11.6 Å². The molecule has 1 aromatic rings. The first-order valence-corrected chi connectivity index (χ1v) is 5.58. The van der Waals surface area contributed by atoms with Crippen LogP contribution < -0.4 is 9.47 Å². The minimum Gasteiger partial charge on any atom is -0.494 e. The molecule has 0 bridgehead atoms. The molecule has 0 saturated heterocycles. The lowest BCUT2D eigenvalue weighted by molar-refractivity contribution is 0.134. The number of benzene rings is 1. The standard InChI is InChI=1S/C12H17ClO2/c1-4-14-10-6-5-7-11(8-10)15-12(2,3)9-13/h5-8H,4,9H2,1-3H3. The van der Waals surface area contributed by atoms with Crippen molar-refractivity contribution in [3.8, 4) is 11.5 Å². The Balaban J connectivity index is 2.73. The lowest BCUT2D eigenvalue weighted by atomic mass is 10.2. The SMILES string of the molecule is CCOc1cccc(OC(C)(C)CCl)c1. The summed E-state index contributed by atoms with van der Waals surface area (Å²) in [6, 6.07) is 7.59. The van der Waals surface area contributed by atoms with Gasteiger partial charge in [0.2, 0.25) is 0 Å². The van der Waals surface area contributed by atoms with Crippen molar-refractivity contribution in [2.75, 3.05) is 12.5 Å². The van der Waals surface area contributed by atoms with E-state index in [1.807, 2.05) is 45.0 Å². The molecule has 0 radical (unpaired) electrons. The van der Waals surface area contributed by atoms with Gasteiger partial charge in [0.25, 0.3) is 0 Å². The summed E-state index contributed by atoms with van der Waals surface area (Å²) < 4.78 is 11.1. The number of halogens is 1. The molecule has 0 N–H and O–H groups in total. The van der Waals surface area contributed by atoms with Gasteiger partial charge in [0.05, 0.1) is 12.5 Å². The quantitative estimate of drug-likeness (QED) is 0.719. The van der Waals surface area contributed by atoms with E-state index in [0.717, 1.165) is 11.5 Å². The molecule has 0 heterocycles. The second-order valence-corrected chi connectivity index (χ2v) is 4.17. The first kappa shape index (κ1) is 12.2. The molecule has 0 unspecified atom stereocenters. The van der Waals surface area contributed by atoms with E-state index in [1.54, 1.807) is 0 Å². The summed E-state index contributed by atoms with van der Waals surface area (Å²) in [6.45, 7) is 6.51. The van der Waals surface area contributed by atoms with Gasteiger partial charge in [-0.1, -0.05) is 6.07 Å². The zero-order valence-electron chi connectivity index (χ0n) is 9.42. The molecule has 3 heteroatoms. The van der Waals surface area contributed by atoms with Crippen LogP contribution in [0, 0.1) is 0 Å². The van der Waals surface area contributed by atoms with Crippen LogP contribution in [-0.2, 0) is 0 Å². The van der Waals surface area contributed by atoms with E-state index >= 15 is 0 Å². The fourth-order valence-electron chi connectivity index (χ4n) is 1.14. The minimum absolute atomic E-state index is 0.355. The number of rotatable bonds is 5. The topological polar surface area (TPSA) is 18.5 Å². The van der Waals surface area contributed by atoms with E-state index < -0.39 is 0 Å². The molecular weight excluding hydrogens is 212 g/mol. The van der Waals surface area contributed by atoms with E-state index in [2.05, 4.69) is 0 Å². The molecule has 2 nitrogen and oxygen atoms in total. The normalized spacial score (nSPS) is 11.2. The Hall–Kier alpha value is -0.890. The first-order chi connectivity index (χ1) is 7.07. The van der Waals surface area contributed by atoms with Crippen LogP contribution in [0.4, 0.5) is 0 Å². The highest BCUT2D eigenvalue weighted by atomic mass is 35.5. The molecule has 0 amide bonds. The van der Waals surface area contributed by atoms with Gasteiger partial charge in [-0.3, -0.25) is 0 Å². The molecule has 0 atom stereocenters.